The normalized spacial score (nSPS) is 13.1. The molecule has 0 aromatic heterocycles. The molecule has 15 heavy (non-hydrogen) atoms. The van der Waals surface area contributed by atoms with Crippen molar-refractivity contribution in [1.82, 2.24) is 0 Å². The first-order chi connectivity index (χ1) is 7.08. The van der Waals surface area contributed by atoms with E-state index >= 15 is 0 Å². The fraction of sp³-hybridized carbons (Fsp3) is 0.500. The second kappa shape index (κ2) is 6.41. The standard InChI is InChI=1S/C12H18ClNS/c1-9(2)6-11(14)8-15-12-5-3-4-10(13)7-12/h3-5,7,9,11H,6,8,14H2,1-2H3. The van der Waals surface area contributed by atoms with Crippen LogP contribution in [0.4, 0.5) is 0 Å². The number of hydrogen-bond acceptors (Lipinski definition) is 2. The minimum Gasteiger partial charge on any atom is -0.327 e. The smallest absolute Gasteiger partial charge is 0.0417 e. The first-order valence-corrected chi connectivity index (χ1v) is 6.58. The van der Waals surface area contributed by atoms with Crippen molar-refractivity contribution >= 4 is 23.4 Å². The molecule has 1 aromatic rings. The van der Waals surface area contributed by atoms with Gasteiger partial charge in [-0.2, -0.15) is 0 Å². The van der Waals surface area contributed by atoms with Crippen LogP contribution in [0.2, 0.25) is 5.02 Å². The maximum Gasteiger partial charge on any atom is 0.0417 e. The second-order valence-corrected chi connectivity index (χ2v) is 5.69. The zero-order valence-corrected chi connectivity index (χ0v) is 10.8. The molecule has 0 fully saturated rings. The van der Waals surface area contributed by atoms with Gasteiger partial charge in [-0.3, -0.25) is 0 Å². The Hall–Kier alpha value is -0.180. The van der Waals surface area contributed by atoms with Crippen LogP contribution in [0.25, 0.3) is 0 Å². The zero-order chi connectivity index (χ0) is 11.3. The largest absolute Gasteiger partial charge is 0.327 e. The lowest BCUT2D eigenvalue weighted by Crippen LogP contribution is -2.24. The van der Waals surface area contributed by atoms with E-state index in [0.29, 0.717) is 5.92 Å². The lowest BCUT2D eigenvalue weighted by Gasteiger charge is -2.13. The number of thioether (sulfide) groups is 1. The van der Waals surface area contributed by atoms with Gasteiger partial charge in [0.25, 0.3) is 0 Å². The lowest BCUT2D eigenvalue weighted by molar-refractivity contribution is 0.524. The first kappa shape index (κ1) is 12.9. The maximum atomic E-state index is 6.01. The average Bonchev–Trinajstić information content (AvgIpc) is 2.14. The minimum atomic E-state index is 0.272. The van der Waals surface area contributed by atoms with Crippen LogP contribution in [-0.4, -0.2) is 11.8 Å². The maximum absolute atomic E-state index is 6.01. The van der Waals surface area contributed by atoms with Gasteiger partial charge in [0.05, 0.1) is 0 Å². The summed E-state index contributed by atoms with van der Waals surface area (Å²) in [6, 6.07) is 8.18. The van der Waals surface area contributed by atoms with Crippen LogP contribution in [0.3, 0.4) is 0 Å². The summed E-state index contributed by atoms with van der Waals surface area (Å²) in [7, 11) is 0. The Morgan fingerprint density at radius 3 is 2.73 bits per heavy atom. The monoisotopic (exact) mass is 243 g/mol. The van der Waals surface area contributed by atoms with Gasteiger partial charge in [-0.15, -0.1) is 11.8 Å². The first-order valence-electron chi connectivity index (χ1n) is 5.22. The molecule has 0 amide bonds. The minimum absolute atomic E-state index is 0.272. The molecule has 0 spiro atoms. The highest BCUT2D eigenvalue weighted by Crippen LogP contribution is 2.22. The van der Waals surface area contributed by atoms with Gasteiger partial charge in [0.2, 0.25) is 0 Å². The van der Waals surface area contributed by atoms with Crippen LogP contribution in [0.5, 0.6) is 0 Å². The number of benzene rings is 1. The van der Waals surface area contributed by atoms with Crippen molar-refractivity contribution in [3.8, 4) is 0 Å². The third kappa shape index (κ3) is 5.45. The molecule has 0 aliphatic heterocycles. The molecule has 0 bridgehead atoms. The third-order valence-corrected chi connectivity index (χ3v) is 3.45. The van der Waals surface area contributed by atoms with E-state index in [1.165, 1.54) is 4.90 Å². The molecule has 1 rings (SSSR count). The summed E-state index contributed by atoms with van der Waals surface area (Å²) in [4.78, 5) is 1.20. The van der Waals surface area contributed by atoms with Crippen LogP contribution in [0.15, 0.2) is 29.2 Å². The highest BCUT2D eigenvalue weighted by atomic mass is 35.5. The van der Waals surface area contributed by atoms with Gasteiger partial charge in [0.1, 0.15) is 0 Å². The third-order valence-electron chi connectivity index (χ3n) is 2.03. The Morgan fingerprint density at radius 1 is 1.40 bits per heavy atom. The van der Waals surface area contributed by atoms with Crippen LogP contribution in [0, 0.1) is 5.92 Å². The van der Waals surface area contributed by atoms with E-state index in [2.05, 4.69) is 19.9 Å². The Bertz CT molecular complexity index is 301. The fourth-order valence-electron chi connectivity index (χ4n) is 1.43. The summed E-state index contributed by atoms with van der Waals surface area (Å²) in [5.74, 6) is 1.62. The van der Waals surface area contributed by atoms with Crippen molar-refractivity contribution in [3.63, 3.8) is 0 Å². The molecule has 1 unspecified atom stereocenters. The van der Waals surface area contributed by atoms with Gasteiger partial charge in [-0.1, -0.05) is 31.5 Å². The predicted octanol–water partition coefficient (Wildman–Crippen LogP) is 3.81. The quantitative estimate of drug-likeness (QED) is 0.796. The SMILES string of the molecule is CC(C)CC(N)CSc1cccc(Cl)c1. The van der Waals surface area contributed by atoms with Crippen molar-refractivity contribution in [2.45, 2.75) is 31.2 Å². The van der Waals surface area contributed by atoms with Crippen molar-refractivity contribution in [2.24, 2.45) is 11.7 Å². The summed E-state index contributed by atoms with van der Waals surface area (Å²) in [6.07, 6.45) is 1.08. The summed E-state index contributed by atoms with van der Waals surface area (Å²) in [6.45, 7) is 4.40. The molecule has 0 radical (unpaired) electrons. The molecule has 0 saturated carbocycles. The Kier molecular flexibility index (Phi) is 5.51. The molecular formula is C12H18ClNS. The van der Waals surface area contributed by atoms with Crippen LogP contribution < -0.4 is 5.73 Å². The van der Waals surface area contributed by atoms with Crippen LogP contribution in [-0.2, 0) is 0 Å². The molecule has 84 valence electrons. The summed E-state index contributed by atoms with van der Waals surface area (Å²) < 4.78 is 0. The zero-order valence-electron chi connectivity index (χ0n) is 9.24. The molecule has 1 aromatic carbocycles. The van der Waals surface area contributed by atoms with Gasteiger partial charge in [0.15, 0.2) is 0 Å². The number of nitrogens with two attached hydrogens (primary N) is 1. The van der Waals surface area contributed by atoms with Gasteiger partial charge >= 0.3 is 0 Å². The van der Waals surface area contributed by atoms with Gasteiger partial charge < -0.3 is 5.73 Å². The van der Waals surface area contributed by atoms with E-state index in [4.69, 9.17) is 17.3 Å². The van der Waals surface area contributed by atoms with E-state index in [0.717, 1.165) is 17.2 Å². The van der Waals surface area contributed by atoms with E-state index in [-0.39, 0.29) is 6.04 Å². The van der Waals surface area contributed by atoms with Crippen molar-refractivity contribution in [1.29, 1.82) is 0 Å². The van der Waals surface area contributed by atoms with E-state index in [9.17, 15) is 0 Å². The van der Waals surface area contributed by atoms with E-state index in [1.807, 2.05) is 18.2 Å². The lowest BCUT2D eigenvalue weighted by atomic mass is 10.1. The summed E-state index contributed by atoms with van der Waals surface area (Å²) in [5.41, 5.74) is 6.01. The Labute approximate surface area is 101 Å². The Morgan fingerprint density at radius 2 is 2.13 bits per heavy atom. The number of halogens is 1. The molecule has 0 aliphatic rings. The van der Waals surface area contributed by atoms with E-state index < -0.39 is 0 Å². The average molecular weight is 244 g/mol. The molecule has 2 N–H and O–H groups in total. The van der Waals surface area contributed by atoms with Crippen LogP contribution in [0.1, 0.15) is 20.3 Å². The summed E-state index contributed by atoms with van der Waals surface area (Å²) in [5, 5.41) is 0.789. The second-order valence-electron chi connectivity index (χ2n) is 4.16. The topological polar surface area (TPSA) is 26.0 Å². The molecule has 1 atom stereocenters. The highest BCUT2D eigenvalue weighted by Gasteiger charge is 2.06. The van der Waals surface area contributed by atoms with Gasteiger partial charge in [0, 0.05) is 21.7 Å². The molecule has 1 nitrogen and oxygen atoms in total. The Balaban J connectivity index is 2.36. The number of hydrogen-bond donors (Lipinski definition) is 1. The molecule has 3 heteroatoms. The molecule has 0 saturated heterocycles. The van der Waals surface area contributed by atoms with Gasteiger partial charge in [-0.25, -0.2) is 0 Å². The van der Waals surface area contributed by atoms with Crippen molar-refractivity contribution in [2.75, 3.05) is 5.75 Å². The molecule has 0 heterocycles. The molecule has 0 aliphatic carbocycles. The van der Waals surface area contributed by atoms with Gasteiger partial charge in [-0.05, 0) is 30.5 Å². The summed E-state index contributed by atoms with van der Waals surface area (Å²) >= 11 is 7.68. The molecular weight excluding hydrogens is 226 g/mol. The van der Waals surface area contributed by atoms with E-state index in [1.54, 1.807) is 11.8 Å². The van der Waals surface area contributed by atoms with Crippen molar-refractivity contribution in [3.05, 3.63) is 29.3 Å². The fourth-order valence-corrected chi connectivity index (χ4v) is 2.62. The highest BCUT2D eigenvalue weighted by molar-refractivity contribution is 7.99. The predicted molar refractivity (Wildman–Crippen MR) is 69.6 cm³/mol. The number of rotatable bonds is 5. The van der Waals surface area contributed by atoms with Crippen LogP contribution >= 0.6 is 23.4 Å². The van der Waals surface area contributed by atoms with Crippen molar-refractivity contribution < 1.29 is 0 Å².